The molecule has 0 unspecified atom stereocenters. The van der Waals surface area contributed by atoms with Gasteiger partial charge in [0.05, 0.1) is 19.8 Å². The number of nitrogens with zero attached hydrogens (tertiary/aromatic N) is 4. The van der Waals surface area contributed by atoms with Gasteiger partial charge in [-0.25, -0.2) is 0 Å². The third kappa shape index (κ3) is 3.92. The highest BCUT2D eigenvalue weighted by atomic mass is 16.5. The summed E-state index contributed by atoms with van der Waals surface area (Å²) in [5, 5.41) is 24.7. The van der Waals surface area contributed by atoms with Crippen molar-refractivity contribution in [2.24, 2.45) is 0 Å². The Bertz CT molecular complexity index is 850. The minimum absolute atomic E-state index is 0.164. The summed E-state index contributed by atoms with van der Waals surface area (Å²) in [4.78, 5) is 12.2. The first kappa shape index (κ1) is 16.8. The summed E-state index contributed by atoms with van der Waals surface area (Å²) in [5.74, 6) is 0.842. The average molecular weight is 341 g/mol. The van der Waals surface area contributed by atoms with E-state index in [0.29, 0.717) is 23.8 Å². The van der Waals surface area contributed by atoms with Crippen LogP contribution < -0.4 is 10.1 Å². The van der Waals surface area contributed by atoms with Crippen LogP contribution in [0, 0.1) is 0 Å². The highest BCUT2D eigenvalue weighted by Crippen LogP contribution is 2.13. The zero-order chi connectivity index (χ0) is 17.6. The largest absolute Gasteiger partial charge is 0.480 e. The average Bonchev–Trinajstić information content (AvgIpc) is 3.07. The van der Waals surface area contributed by atoms with Crippen molar-refractivity contribution in [2.45, 2.75) is 18.9 Å². The Balaban J connectivity index is 1.64. The molecule has 2 aromatic heterocycles. The molecule has 0 aliphatic carbocycles. The van der Waals surface area contributed by atoms with Gasteiger partial charge in [0.25, 0.3) is 0 Å². The molecule has 0 saturated heterocycles. The lowest BCUT2D eigenvalue weighted by atomic mass is 10.1. The normalized spacial score (nSPS) is 12.1. The van der Waals surface area contributed by atoms with Gasteiger partial charge >= 0.3 is 0 Å². The molecule has 0 aliphatic heterocycles. The van der Waals surface area contributed by atoms with Gasteiger partial charge in [0.2, 0.25) is 11.8 Å². The van der Waals surface area contributed by atoms with Crippen molar-refractivity contribution in [3.05, 3.63) is 53.9 Å². The second-order valence-corrected chi connectivity index (χ2v) is 5.48. The molecule has 0 fully saturated rings. The van der Waals surface area contributed by atoms with Crippen molar-refractivity contribution in [3.63, 3.8) is 0 Å². The standard InChI is InChI=1S/C17H19N5O3/c1-25-17-10-8-15-20-19-14(22(15)21-17)7-9-16(24)18-13(11-23)12-5-3-2-4-6-12/h2-6,8,10,13,23H,7,9,11H2,1H3,(H,18,24)/t13-/m0/s1. The van der Waals surface area contributed by atoms with Gasteiger partial charge in [-0.2, -0.15) is 4.52 Å². The number of aryl methyl sites for hydroxylation is 1. The van der Waals surface area contributed by atoms with Crippen LogP contribution in [0.4, 0.5) is 0 Å². The maximum absolute atomic E-state index is 12.2. The highest BCUT2D eigenvalue weighted by molar-refractivity contribution is 5.76. The van der Waals surface area contributed by atoms with Crippen molar-refractivity contribution in [1.29, 1.82) is 0 Å². The van der Waals surface area contributed by atoms with Gasteiger partial charge in [0.1, 0.15) is 0 Å². The molecule has 0 aliphatic rings. The summed E-state index contributed by atoms with van der Waals surface area (Å²) < 4.78 is 6.66. The molecule has 0 bridgehead atoms. The van der Waals surface area contributed by atoms with E-state index in [1.165, 1.54) is 7.11 Å². The van der Waals surface area contributed by atoms with Crippen molar-refractivity contribution >= 4 is 11.6 Å². The summed E-state index contributed by atoms with van der Waals surface area (Å²) in [6.07, 6.45) is 0.586. The van der Waals surface area contributed by atoms with Crippen LogP contribution in [0.3, 0.4) is 0 Å². The maximum Gasteiger partial charge on any atom is 0.231 e. The van der Waals surface area contributed by atoms with E-state index in [9.17, 15) is 9.90 Å². The fourth-order valence-electron chi connectivity index (χ4n) is 2.49. The van der Waals surface area contributed by atoms with E-state index in [4.69, 9.17) is 4.74 Å². The number of hydrogen-bond donors (Lipinski definition) is 2. The Kier molecular flexibility index (Phi) is 5.20. The predicted molar refractivity (Wildman–Crippen MR) is 90.1 cm³/mol. The summed E-state index contributed by atoms with van der Waals surface area (Å²) in [6, 6.07) is 12.4. The van der Waals surface area contributed by atoms with Crippen LogP contribution in [-0.2, 0) is 11.2 Å². The minimum Gasteiger partial charge on any atom is -0.480 e. The fourth-order valence-corrected chi connectivity index (χ4v) is 2.49. The van der Waals surface area contributed by atoms with Crippen LogP contribution in [0.5, 0.6) is 5.88 Å². The lowest BCUT2D eigenvalue weighted by Gasteiger charge is -2.16. The summed E-state index contributed by atoms with van der Waals surface area (Å²) in [7, 11) is 1.53. The summed E-state index contributed by atoms with van der Waals surface area (Å²) in [6.45, 7) is -0.164. The Morgan fingerprint density at radius 1 is 1.24 bits per heavy atom. The molecule has 1 atom stereocenters. The van der Waals surface area contributed by atoms with Crippen LogP contribution in [0.15, 0.2) is 42.5 Å². The molecule has 1 amide bonds. The topological polar surface area (TPSA) is 102 Å². The quantitative estimate of drug-likeness (QED) is 0.662. The molecule has 0 saturated carbocycles. The zero-order valence-electron chi connectivity index (χ0n) is 13.8. The van der Waals surface area contributed by atoms with E-state index in [2.05, 4.69) is 20.6 Å². The third-order valence-corrected chi connectivity index (χ3v) is 3.81. The van der Waals surface area contributed by atoms with E-state index in [1.807, 2.05) is 30.3 Å². The second-order valence-electron chi connectivity index (χ2n) is 5.48. The molecule has 2 heterocycles. The number of aliphatic hydroxyl groups excluding tert-OH is 1. The first-order chi connectivity index (χ1) is 12.2. The molecule has 8 heteroatoms. The van der Waals surface area contributed by atoms with Gasteiger partial charge in [-0.3, -0.25) is 4.79 Å². The predicted octanol–water partition coefficient (Wildman–Crippen LogP) is 0.915. The lowest BCUT2D eigenvalue weighted by Crippen LogP contribution is -2.31. The number of aliphatic hydroxyl groups is 1. The summed E-state index contributed by atoms with van der Waals surface area (Å²) in [5.41, 5.74) is 1.45. The molecule has 3 rings (SSSR count). The number of benzene rings is 1. The number of amides is 1. The molecule has 8 nitrogen and oxygen atoms in total. The number of carbonyl (C=O) groups is 1. The lowest BCUT2D eigenvalue weighted by molar-refractivity contribution is -0.122. The molecule has 0 radical (unpaired) electrons. The van der Waals surface area contributed by atoms with E-state index in [1.54, 1.807) is 16.6 Å². The smallest absolute Gasteiger partial charge is 0.231 e. The number of carbonyl (C=O) groups excluding carboxylic acids is 1. The molecule has 130 valence electrons. The fraction of sp³-hybridized carbons (Fsp3) is 0.294. The van der Waals surface area contributed by atoms with E-state index < -0.39 is 6.04 Å². The first-order valence-electron chi connectivity index (χ1n) is 7.91. The minimum atomic E-state index is -0.429. The molecule has 1 aromatic carbocycles. The highest BCUT2D eigenvalue weighted by Gasteiger charge is 2.15. The molecular formula is C17H19N5O3. The molecule has 0 spiro atoms. The van der Waals surface area contributed by atoms with Crippen LogP contribution in [0.1, 0.15) is 23.9 Å². The number of hydrogen-bond acceptors (Lipinski definition) is 6. The van der Waals surface area contributed by atoms with E-state index in [0.717, 1.165) is 5.56 Å². The molecule has 3 aromatic rings. The molecule has 25 heavy (non-hydrogen) atoms. The Morgan fingerprint density at radius 2 is 2.04 bits per heavy atom. The van der Waals surface area contributed by atoms with Crippen LogP contribution in [0.2, 0.25) is 0 Å². The number of ether oxygens (including phenoxy) is 1. The first-order valence-corrected chi connectivity index (χ1v) is 7.91. The van der Waals surface area contributed by atoms with E-state index >= 15 is 0 Å². The number of methoxy groups -OCH3 is 1. The maximum atomic E-state index is 12.2. The summed E-state index contributed by atoms with van der Waals surface area (Å²) >= 11 is 0. The number of nitrogens with one attached hydrogen (secondary N) is 1. The van der Waals surface area contributed by atoms with Crippen molar-refractivity contribution in [3.8, 4) is 5.88 Å². The zero-order valence-corrected chi connectivity index (χ0v) is 13.8. The Morgan fingerprint density at radius 3 is 2.76 bits per heavy atom. The third-order valence-electron chi connectivity index (χ3n) is 3.81. The van der Waals surface area contributed by atoms with Gasteiger partial charge in [0.15, 0.2) is 11.5 Å². The van der Waals surface area contributed by atoms with E-state index in [-0.39, 0.29) is 18.9 Å². The Hall–Kier alpha value is -3.00. The van der Waals surface area contributed by atoms with Crippen molar-refractivity contribution in [2.75, 3.05) is 13.7 Å². The van der Waals surface area contributed by atoms with Gasteiger partial charge in [-0.1, -0.05) is 30.3 Å². The van der Waals surface area contributed by atoms with Crippen molar-refractivity contribution < 1.29 is 14.6 Å². The number of rotatable bonds is 7. The van der Waals surface area contributed by atoms with Gasteiger partial charge in [-0.05, 0) is 11.6 Å². The van der Waals surface area contributed by atoms with Gasteiger partial charge in [0, 0.05) is 18.9 Å². The molecular weight excluding hydrogens is 322 g/mol. The number of fused-ring (bicyclic) bond motifs is 1. The van der Waals surface area contributed by atoms with Crippen LogP contribution in [0.25, 0.3) is 5.65 Å². The number of aromatic nitrogens is 4. The van der Waals surface area contributed by atoms with Crippen LogP contribution >= 0.6 is 0 Å². The van der Waals surface area contributed by atoms with Crippen molar-refractivity contribution in [1.82, 2.24) is 25.1 Å². The van der Waals surface area contributed by atoms with Gasteiger partial charge in [-0.15, -0.1) is 15.3 Å². The van der Waals surface area contributed by atoms with Gasteiger partial charge < -0.3 is 15.2 Å². The SMILES string of the molecule is COc1ccc2nnc(CCC(=O)N[C@@H](CO)c3ccccc3)n2n1. The molecule has 2 N–H and O–H groups in total. The van der Waals surface area contributed by atoms with Crippen LogP contribution in [-0.4, -0.2) is 44.5 Å². The monoisotopic (exact) mass is 341 g/mol. The second kappa shape index (κ2) is 7.71. The Labute approximate surface area is 144 Å².